The fourth-order valence-electron chi connectivity index (χ4n) is 10.0. The molecule has 0 aromatic carbocycles. The molecule has 10 heteroatoms. The second-order valence-corrected chi connectivity index (χ2v) is 14.6. The predicted octanol–water partition coefficient (Wildman–Crippen LogP) is 1.97. The summed E-state index contributed by atoms with van der Waals surface area (Å²) in [6.45, 7) is 7.68. The van der Waals surface area contributed by atoms with E-state index >= 15 is 0 Å². The van der Waals surface area contributed by atoms with Crippen LogP contribution in [-0.2, 0) is 23.8 Å². The molecule has 3 fully saturated rings. The molecule has 14 atom stereocenters. The molecule has 4 aliphatic carbocycles. The lowest BCUT2D eigenvalue weighted by Gasteiger charge is -2.58. The van der Waals surface area contributed by atoms with E-state index < -0.39 is 54.8 Å². The summed E-state index contributed by atoms with van der Waals surface area (Å²) in [6.07, 6.45) is 2.76. The third kappa shape index (κ3) is 4.87. The van der Waals surface area contributed by atoms with Gasteiger partial charge in [-0.25, -0.2) is 4.79 Å². The number of allylic oxidation sites excluding steroid dienone is 3. The number of ketones is 1. The Bertz CT molecular complexity index is 1250. The van der Waals surface area contributed by atoms with Gasteiger partial charge in [0.1, 0.15) is 30.5 Å². The average molecular weight is 617 g/mol. The van der Waals surface area contributed by atoms with Crippen LogP contribution in [0.1, 0.15) is 66.2 Å². The number of hydrogen-bond donors (Lipinski definition) is 5. The summed E-state index contributed by atoms with van der Waals surface area (Å²) in [5.41, 5.74) is 1.62. The zero-order chi connectivity index (χ0) is 31.7. The van der Waals surface area contributed by atoms with E-state index in [1.54, 1.807) is 6.08 Å². The molecular weight excluding hydrogens is 568 g/mol. The van der Waals surface area contributed by atoms with Gasteiger partial charge in [0.15, 0.2) is 12.1 Å². The van der Waals surface area contributed by atoms with Gasteiger partial charge in [0, 0.05) is 6.42 Å². The molecule has 2 heterocycles. The molecular formula is C34H48O10. The van der Waals surface area contributed by atoms with Gasteiger partial charge in [-0.2, -0.15) is 0 Å². The van der Waals surface area contributed by atoms with Gasteiger partial charge in [-0.15, -0.1) is 0 Å². The highest BCUT2D eigenvalue weighted by Crippen LogP contribution is 2.66. The van der Waals surface area contributed by atoms with Crippen molar-refractivity contribution in [2.75, 3.05) is 13.2 Å². The molecule has 10 nitrogen and oxygen atoms in total. The van der Waals surface area contributed by atoms with Crippen molar-refractivity contribution < 1.29 is 49.3 Å². The van der Waals surface area contributed by atoms with Crippen molar-refractivity contribution in [2.45, 2.75) is 109 Å². The lowest BCUT2D eigenvalue weighted by atomic mass is 9.46. The molecule has 1 saturated heterocycles. The van der Waals surface area contributed by atoms with Gasteiger partial charge in [-0.1, -0.05) is 37.1 Å². The number of aliphatic hydroxyl groups is 5. The summed E-state index contributed by atoms with van der Waals surface area (Å²) < 4.78 is 17.1. The minimum absolute atomic E-state index is 0.0249. The number of rotatable bonds is 6. The van der Waals surface area contributed by atoms with Crippen LogP contribution in [0.2, 0.25) is 0 Å². The average Bonchev–Trinajstić information content (AvgIpc) is 3.34. The van der Waals surface area contributed by atoms with E-state index in [9.17, 15) is 35.1 Å². The first kappa shape index (κ1) is 32.0. The molecule has 3 unspecified atom stereocenters. The van der Waals surface area contributed by atoms with Crippen LogP contribution in [0, 0.1) is 40.4 Å². The van der Waals surface area contributed by atoms with Crippen molar-refractivity contribution >= 4 is 11.8 Å². The monoisotopic (exact) mass is 616 g/mol. The van der Waals surface area contributed by atoms with Crippen LogP contribution in [-0.4, -0.2) is 93.4 Å². The maximum absolute atomic E-state index is 13.2. The molecule has 0 aromatic heterocycles. The lowest BCUT2D eigenvalue weighted by Crippen LogP contribution is -2.59. The summed E-state index contributed by atoms with van der Waals surface area (Å²) in [6, 6.07) is 0. The second-order valence-electron chi connectivity index (χ2n) is 14.6. The van der Waals surface area contributed by atoms with E-state index in [1.165, 1.54) is 0 Å². The summed E-state index contributed by atoms with van der Waals surface area (Å²) in [5.74, 6) is 0.452. The van der Waals surface area contributed by atoms with E-state index in [-0.39, 0.29) is 47.6 Å². The van der Waals surface area contributed by atoms with Crippen molar-refractivity contribution in [3.63, 3.8) is 0 Å². The molecule has 0 spiro atoms. The smallest absolute Gasteiger partial charge is 0.336 e. The minimum atomic E-state index is -1.56. The van der Waals surface area contributed by atoms with Crippen LogP contribution in [0.15, 0.2) is 34.9 Å². The van der Waals surface area contributed by atoms with E-state index in [1.807, 2.05) is 19.1 Å². The number of fused-ring (bicyclic) bond motifs is 5. The predicted molar refractivity (Wildman–Crippen MR) is 158 cm³/mol. The first-order chi connectivity index (χ1) is 20.8. The van der Waals surface area contributed by atoms with Crippen molar-refractivity contribution in [1.29, 1.82) is 0 Å². The van der Waals surface area contributed by atoms with Crippen LogP contribution in [0.5, 0.6) is 0 Å². The van der Waals surface area contributed by atoms with Crippen LogP contribution >= 0.6 is 0 Å². The highest BCUT2D eigenvalue weighted by molar-refractivity contribution is 5.98. The lowest BCUT2D eigenvalue weighted by molar-refractivity contribution is -0.299. The summed E-state index contributed by atoms with van der Waals surface area (Å²) in [7, 11) is 0. The first-order valence-electron chi connectivity index (χ1n) is 16.2. The molecule has 244 valence electrons. The third-order valence-corrected chi connectivity index (χ3v) is 12.7. The maximum Gasteiger partial charge on any atom is 0.336 e. The fraction of sp³-hybridized carbons (Fsp3) is 0.765. The number of ether oxygens (including phenoxy) is 3. The molecule has 5 N–H and O–H groups in total. The van der Waals surface area contributed by atoms with E-state index in [0.29, 0.717) is 17.9 Å². The second kappa shape index (κ2) is 11.7. The highest BCUT2D eigenvalue weighted by Gasteiger charge is 2.63. The van der Waals surface area contributed by atoms with Gasteiger partial charge in [0.2, 0.25) is 0 Å². The Morgan fingerprint density at radius 2 is 1.80 bits per heavy atom. The van der Waals surface area contributed by atoms with Gasteiger partial charge in [0.05, 0.1) is 30.3 Å². The van der Waals surface area contributed by atoms with Gasteiger partial charge < -0.3 is 39.7 Å². The highest BCUT2D eigenvalue weighted by atomic mass is 16.7. The molecule has 2 aliphatic heterocycles. The van der Waals surface area contributed by atoms with Crippen LogP contribution in [0.3, 0.4) is 0 Å². The summed E-state index contributed by atoms with van der Waals surface area (Å²) in [4.78, 5) is 26.5. The Hall–Kier alpha value is -1.92. The van der Waals surface area contributed by atoms with Gasteiger partial charge in [-0.05, 0) is 87.0 Å². The Morgan fingerprint density at radius 1 is 1.05 bits per heavy atom. The Labute approximate surface area is 258 Å². The topological polar surface area (TPSA) is 163 Å². The standard InChI is InChI=1S/C34H48O10/c1-16-12-24(43-31(41)19(16)15-42-32-30(40)29(39)28(38)25(14-35)44-32)17(2)20-8-9-21-27-22(10-11-33(20,21)3)34(4)18(13-23(27)36)6-5-7-26(34)37/h5,7,13,17,20-25,27-30,32,35-36,38-40H,6,8-12,14-15H2,1-4H3/t17-,20?,21?,22?,23+,24+,25+,27-,28+,29-,30+,32+,33+,34-/m0/s1. The molecule has 6 rings (SSSR count). The Morgan fingerprint density at radius 3 is 2.50 bits per heavy atom. The summed E-state index contributed by atoms with van der Waals surface area (Å²) >= 11 is 0. The van der Waals surface area contributed by atoms with Crippen LogP contribution in [0.4, 0.5) is 0 Å². The minimum Gasteiger partial charge on any atom is -0.458 e. The fourth-order valence-corrected chi connectivity index (χ4v) is 10.0. The Balaban J connectivity index is 1.14. The zero-order valence-corrected chi connectivity index (χ0v) is 26.1. The van der Waals surface area contributed by atoms with Crippen molar-refractivity contribution in [2.24, 2.45) is 40.4 Å². The summed E-state index contributed by atoms with van der Waals surface area (Å²) in [5, 5.41) is 51.2. The third-order valence-electron chi connectivity index (χ3n) is 12.7. The molecule has 2 saturated carbocycles. The molecule has 0 radical (unpaired) electrons. The molecule has 6 aliphatic rings. The van der Waals surface area contributed by atoms with Crippen molar-refractivity contribution in [3.8, 4) is 0 Å². The quantitative estimate of drug-likeness (QED) is 0.220. The van der Waals surface area contributed by atoms with Crippen LogP contribution < -0.4 is 0 Å². The molecule has 0 amide bonds. The van der Waals surface area contributed by atoms with Gasteiger partial charge in [-0.3, -0.25) is 4.79 Å². The van der Waals surface area contributed by atoms with E-state index in [2.05, 4.69) is 20.8 Å². The normalized spacial score (nSPS) is 47.8. The van der Waals surface area contributed by atoms with Gasteiger partial charge in [0.25, 0.3) is 0 Å². The largest absolute Gasteiger partial charge is 0.458 e. The zero-order valence-electron chi connectivity index (χ0n) is 26.1. The molecule has 0 aromatic rings. The number of carbonyl (C=O) groups excluding carboxylic acids is 2. The molecule has 0 bridgehead atoms. The first-order valence-corrected chi connectivity index (χ1v) is 16.2. The van der Waals surface area contributed by atoms with Crippen molar-refractivity contribution in [1.82, 2.24) is 0 Å². The number of aliphatic hydroxyl groups excluding tert-OH is 5. The number of carbonyl (C=O) groups is 2. The van der Waals surface area contributed by atoms with Crippen molar-refractivity contribution in [3.05, 3.63) is 34.9 Å². The van der Waals surface area contributed by atoms with E-state index in [0.717, 1.165) is 43.3 Å². The van der Waals surface area contributed by atoms with E-state index in [4.69, 9.17) is 14.2 Å². The number of hydrogen-bond acceptors (Lipinski definition) is 10. The van der Waals surface area contributed by atoms with Crippen LogP contribution in [0.25, 0.3) is 0 Å². The van der Waals surface area contributed by atoms with Gasteiger partial charge >= 0.3 is 5.97 Å². The number of cyclic esters (lactones) is 1. The number of esters is 1. The maximum atomic E-state index is 13.2. The molecule has 44 heavy (non-hydrogen) atoms. The Kier molecular flexibility index (Phi) is 8.52. The SMILES string of the molecule is CC1=C(CO[C@@H]2O[C@H](CO)[C@@H](O)[C@H](O)[C@H]2O)C(=O)O[C@@H]([C@@H](C)C2CCC3[C@H]4C(CC[C@@]32C)[C@@]2(C)C(=O)C=CCC2=C[C@H]4O)C1.